The number of para-hydroxylation sites is 1. The van der Waals surface area contributed by atoms with Crippen LogP contribution in [0.5, 0.6) is 0 Å². The van der Waals surface area contributed by atoms with Gasteiger partial charge in [0.15, 0.2) is 0 Å². The average Bonchev–Trinajstić information content (AvgIpc) is 3.22. The van der Waals surface area contributed by atoms with E-state index in [2.05, 4.69) is 41.3 Å². The maximum Gasteiger partial charge on any atom is 0.122 e. The first-order valence-corrected chi connectivity index (χ1v) is 16.0. The van der Waals surface area contributed by atoms with Gasteiger partial charge >= 0.3 is 0 Å². The van der Waals surface area contributed by atoms with Gasteiger partial charge in [0.1, 0.15) is 5.84 Å². The van der Waals surface area contributed by atoms with Gasteiger partial charge in [-0.15, -0.1) is 46.4 Å². The number of aromatic nitrogens is 1. The van der Waals surface area contributed by atoms with Gasteiger partial charge in [0.2, 0.25) is 0 Å². The number of fused-ring (bicyclic) bond motifs is 1. The number of amidine groups is 1. The van der Waals surface area contributed by atoms with Crippen LogP contribution in [0.2, 0.25) is 0 Å². The summed E-state index contributed by atoms with van der Waals surface area (Å²) in [6, 6.07) is 26.0. The van der Waals surface area contributed by atoms with Gasteiger partial charge in [-0.1, -0.05) is 62.4 Å². The molecule has 0 fully saturated rings. The van der Waals surface area contributed by atoms with Gasteiger partial charge in [-0.05, 0) is 43.5 Å². The van der Waals surface area contributed by atoms with Crippen LogP contribution in [-0.2, 0) is 6.42 Å². The van der Waals surface area contributed by atoms with Gasteiger partial charge in [0.25, 0.3) is 0 Å². The number of nitrogen functional groups attached to an aromatic ring is 1. The van der Waals surface area contributed by atoms with E-state index >= 15 is 0 Å². The van der Waals surface area contributed by atoms with Crippen LogP contribution in [0.4, 0.5) is 0 Å². The molecule has 0 aliphatic heterocycles. The Labute approximate surface area is 215 Å². The Hall–Kier alpha value is -1.62. The molecule has 0 radical (unpaired) electrons. The van der Waals surface area contributed by atoms with E-state index in [1.54, 1.807) is 23.1 Å². The Morgan fingerprint density at radius 2 is 1.79 bits per heavy atom. The third kappa shape index (κ3) is 7.70. The molecular formula is C24H28N4S5. The molecule has 1 unspecified atom stereocenters. The van der Waals surface area contributed by atoms with Gasteiger partial charge in [0, 0.05) is 16.9 Å². The molecule has 0 aliphatic carbocycles. The molecule has 4 aromatic rings. The lowest BCUT2D eigenvalue weighted by atomic mass is 10.1. The van der Waals surface area contributed by atoms with Gasteiger partial charge in [-0.2, -0.15) is 0 Å². The number of thioether (sulfide) groups is 1. The summed E-state index contributed by atoms with van der Waals surface area (Å²) in [6.07, 6.45) is 2.97. The second kappa shape index (κ2) is 12.2. The first-order valence-electron chi connectivity index (χ1n) is 10.2. The number of thiol groups is 2. The molecule has 4 N–H and O–H groups in total. The number of rotatable bonds is 7. The van der Waals surface area contributed by atoms with E-state index in [1.165, 1.54) is 4.70 Å². The predicted molar refractivity (Wildman–Crippen MR) is 156 cm³/mol. The minimum atomic E-state index is -1.63. The number of hydrogen-bond donors (Lipinski definition) is 5. The smallest absolute Gasteiger partial charge is 0.122 e. The summed E-state index contributed by atoms with van der Waals surface area (Å²) in [4.78, 5) is 5.85. The largest absolute Gasteiger partial charge is 0.384 e. The summed E-state index contributed by atoms with van der Waals surface area (Å²) in [7, 11) is -1.63. The van der Waals surface area contributed by atoms with Crippen molar-refractivity contribution in [2.24, 2.45) is 5.73 Å². The van der Waals surface area contributed by atoms with Gasteiger partial charge in [-0.25, -0.2) is 9.71 Å². The van der Waals surface area contributed by atoms with Crippen LogP contribution >= 0.6 is 54.7 Å². The lowest BCUT2D eigenvalue weighted by molar-refractivity contribution is 0.837. The highest BCUT2D eigenvalue weighted by atomic mass is 33.5. The molecule has 0 aliphatic rings. The topological polar surface area (TPSA) is 74.8 Å². The van der Waals surface area contributed by atoms with Crippen LogP contribution in [0.1, 0.15) is 16.1 Å². The van der Waals surface area contributed by atoms with Crippen molar-refractivity contribution in [3.63, 3.8) is 0 Å². The van der Waals surface area contributed by atoms with E-state index in [4.69, 9.17) is 39.4 Å². The fourth-order valence-electron chi connectivity index (χ4n) is 3.01. The highest BCUT2D eigenvalue weighted by Gasteiger charge is 2.22. The Balaban J connectivity index is 0.000000257. The second-order valence-electron chi connectivity index (χ2n) is 7.27. The Kier molecular flexibility index (Phi) is 9.60. The number of hydrogen-bond acceptors (Lipinski definition) is 7. The third-order valence-corrected chi connectivity index (χ3v) is 10.2. The molecule has 0 spiro atoms. The fourth-order valence-corrected chi connectivity index (χ4v) is 8.32. The summed E-state index contributed by atoms with van der Waals surface area (Å²) >= 11 is 13.1. The number of aryl methyl sites for hydroxylation is 1. The summed E-state index contributed by atoms with van der Waals surface area (Å²) in [5.41, 5.74) is 8.26. The van der Waals surface area contributed by atoms with E-state index < -0.39 is 8.28 Å². The zero-order valence-electron chi connectivity index (χ0n) is 18.4. The van der Waals surface area contributed by atoms with Crippen LogP contribution in [-0.4, -0.2) is 22.4 Å². The van der Waals surface area contributed by atoms with Crippen LogP contribution in [0, 0.1) is 12.3 Å². The van der Waals surface area contributed by atoms with Crippen molar-refractivity contribution in [1.29, 1.82) is 5.41 Å². The van der Waals surface area contributed by atoms with E-state index in [0.29, 0.717) is 0 Å². The van der Waals surface area contributed by atoms with Crippen molar-refractivity contribution in [1.82, 2.24) is 9.71 Å². The van der Waals surface area contributed by atoms with Gasteiger partial charge in [-0.3, -0.25) is 5.41 Å². The van der Waals surface area contributed by atoms with Crippen molar-refractivity contribution in [2.75, 3.05) is 6.26 Å². The van der Waals surface area contributed by atoms with Crippen molar-refractivity contribution in [3.05, 3.63) is 95.0 Å². The van der Waals surface area contributed by atoms with Crippen LogP contribution < -0.4 is 10.5 Å². The minimum Gasteiger partial charge on any atom is -0.384 e. The fraction of sp³-hybridized carbons (Fsp3) is 0.167. The van der Waals surface area contributed by atoms with E-state index in [1.807, 2.05) is 55.5 Å². The Morgan fingerprint density at radius 3 is 2.39 bits per heavy atom. The molecule has 4 rings (SSSR count). The van der Waals surface area contributed by atoms with Crippen LogP contribution in [0.3, 0.4) is 0 Å². The predicted octanol–water partition coefficient (Wildman–Crippen LogP) is 6.86. The molecule has 1 atom stereocenters. The SMILES string of the molecule is CSC(Cc1nc2ccccc2s1)NS(S)(S)c1ccccc1.Cc1cccc(C(=N)N)c1. The standard InChI is InChI=1S/C16H18N2S5.C8H10N2/c1-21-16(18-23(19,20)12-7-3-2-4-8-12)11-15-17-13-9-5-6-10-14(13)22-15;1-6-3-2-4-7(5-6)8(9)10/h2-10,16,18-20H,11H2,1H3;2-5H,1H3,(H3,9,10). The van der Waals surface area contributed by atoms with Gasteiger partial charge in [0.05, 0.1) is 20.6 Å². The molecule has 1 aromatic heterocycles. The molecule has 174 valence electrons. The normalized spacial score (nSPS) is 12.6. The zero-order valence-corrected chi connectivity index (χ0v) is 22.7. The summed E-state index contributed by atoms with van der Waals surface area (Å²) in [5.74, 6) is 0.128. The number of benzene rings is 3. The molecule has 3 aromatic carbocycles. The lowest BCUT2D eigenvalue weighted by Crippen LogP contribution is -2.26. The zero-order chi connectivity index (χ0) is 23.8. The maximum atomic E-state index is 7.11. The summed E-state index contributed by atoms with van der Waals surface area (Å²) in [6.45, 7) is 1.98. The Bertz CT molecular complexity index is 1160. The number of nitrogens with two attached hydrogens (primary N) is 1. The number of thiazole rings is 1. The molecule has 0 saturated carbocycles. The lowest BCUT2D eigenvalue weighted by Gasteiger charge is -2.33. The van der Waals surface area contributed by atoms with E-state index in [9.17, 15) is 0 Å². The summed E-state index contributed by atoms with van der Waals surface area (Å²) < 4.78 is 4.83. The van der Waals surface area contributed by atoms with Crippen molar-refractivity contribution in [2.45, 2.75) is 23.6 Å². The van der Waals surface area contributed by atoms with Crippen molar-refractivity contribution < 1.29 is 0 Å². The highest BCUT2D eigenvalue weighted by Crippen LogP contribution is 2.61. The van der Waals surface area contributed by atoms with Crippen LogP contribution in [0.15, 0.2) is 83.8 Å². The number of nitrogens with zero attached hydrogens (tertiary/aromatic N) is 1. The average molecular weight is 533 g/mol. The van der Waals surface area contributed by atoms with E-state index in [-0.39, 0.29) is 11.2 Å². The minimum absolute atomic E-state index is 0.128. The molecule has 0 amide bonds. The maximum absolute atomic E-state index is 7.11. The molecule has 9 heteroatoms. The van der Waals surface area contributed by atoms with Crippen molar-refractivity contribution >= 4 is 70.8 Å². The quantitative estimate of drug-likeness (QED) is 0.0592. The first kappa shape index (κ1) is 26.0. The Morgan fingerprint density at radius 1 is 1.09 bits per heavy atom. The monoisotopic (exact) mass is 532 g/mol. The molecule has 33 heavy (non-hydrogen) atoms. The third-order valence-electron chi connectivity index (χ3n) is 4.68. The summed E-state index contributed by atoms with van der Waals surface area (Å²) in [5, 5.41) is 8.47. The molecule has 1 heterocycles. The molecular weight excluding hydrogens is 505 g/mol. The molecule has 0 saturated heterocycles. The highest BCUT2D eigenvalue weighted by molar-refractivity contribution is 9.17. The van der Waals surface area contributed by atoms with E-state index in [0.717, 1.165) is 33.0 Å². The van der Waals surface area contributed by atoms with Crippen LogP contribution in [0.25, 0.3) is 10.2 Å². The van der Waals surface area contributed by atoms with Gasteiger partial charge < -0.3 is 5.73 Å². The molecule has 0 bridgehead atoms. The van der Waals surface area contributed by atoms with Crippen molar-refractivity contribution in [3.8, 4) is 0 Å². The molecule has 4 nitrogen and oxygen atoms in total. The number of nitrogens with one attached hydrogen (secondary N) is 2. The second-order valence-corrected chi connectivity index (χ2v) is 15.4. The first-order chi connectivity index (χ1) is 15.8.